The molecule has 1 aromatic heterocycles. The zero-order valence-corrected chi connectivity index (χ0v) is 9.31. The predicted octanol–water partition coefficient (Wildman–Crippen LogP) is 1.64. The molecule has 4 nitrogen and oxygen atoms in total. The van der Waals surface area contributed by atoms with Gasteiger partial charge in [0.2, 0.25) is 5.91 Å². The number of fused-ring (bicyclic) bond motifs is 3. The SMILES string of the molecule is CC1CCN2c3ncccc3NC(=O)C2C1. The molecule has 2 aliphatic rings. The Morgan fingerprint density at radius 1 is 1.56 bits per heavy atom. The van der Waals surface area contributed by atoms with E-state index in [9.17, 15) is 4.79 Å². The average Bonchev–Trinajstić information content (AvgIpc) is 2.29. The molecule has 1 aromatic rings. The fourth-order valence-electron chi connectivity index (χ4n) is 2.58. The Hall–Kier alpha value is -1.58. The number of hydrogen-bond donors (Lipinski definition) is 1. The smallest absolute Gasteiger partial charge is 0.247 e. The number of hydrogen-bond acceptors (Lipinski definition) is 3. The van der Waals surface area contributed by atoms with Crippen molar-refractivity contribution in [1.29, 1.82) is 0 Å². The Labute approximate surface area is 94.7 Å². The molecule has 16 heavy (non-hydrogen) atoms. The lowest BCUT2D eigenvalue weighted by Gasteiger charge is -2.41. The molecule has 0 bridgehead atoms. The molecule has 1 N–H and O–H groups in total. The van der Waals surface area contributed by atoms with Crippen molar-refractivity contribution in [2.45, 2.75) is 25.8 Å². The van der Waals surface area contributed by atoms with Crippen LogP contribution in [0.25, 0.3) is 0 Å². The minimum Gasteiger partial charge on any atom is -0.343 e. The van der Waals surface area contributed by atoms with Crippen LogP contribution in [0.5, 0.6) is 0 Å². The molecule has 1 fully saturated rings. The van der Waals surface area contributed by atoms with Gasteiger partial charge < -0.3 is 10.2 Å². The molecular weight excluding hydrogens is 202 g/mol. The summed E-state index contributed by atoms with van der Waals surface area (Å²) in [5.74, 6) is 1.67. The normalized spacial score (nSPS) is 28.1. The van der Waals surface area contributed by atoms with E-state index in [-0.39, 0.29) is 11.9 Å². The molecule has 4 heteroatoms. The molecular formula is C12H15N3O. The second-order valence-corrected chi connectivity index (χ2v) is 4.70. The van der Waals surface area contributed by atoms with E-state index in [0.717, 1.165) is 30.9 Å². The highest BCUT2D eigenvalue weighted by molar-refractivity contribution is 6.02. The van der Waals surface area contributed by atoms with Gasteiger partial charge in [0.05, 0.1) is 5.69 Å². The highest BCUT2D eigenvalue weighted by Crippen LogP contribution is 2.35. The number of aromatic nitrogens is 1. The summed E-state index contributed by atoms with van der Waals surface area (Å²) in [5.41, 5.74) is 0.846. The lowest BCUT2D eigenvalue weighted by atomic mass is 9.90. The standard InChI is InChI=1S/C12H15N3O/c1-8-4-6-15-10(7-8)12(16)14-9-3-2-5-13-11(9)15/h2-3,5,8,10H,4,6-7H2,1H3,(H,14,16). The van der Waals surface area contributed by atoms with E-state index in [1.54, 1.807) is 6.20 Å². The van der Waals surface area contributed by atoms with E-state index in [1.165, 1.54) is 0 Å². The number of anilines is 2. The first-order chi connectivity index (χ1) is 7.75. The zero-order chi connectivity index (χ0) is 11.1. The van der Waals surface area contributed by atoms with E-state index in [1.807, 2.05) is 12.1 Å². The fraction of sp³-hybridized carbons (Fsp3) is 0.500. The van der Waals surface area contributed by atoms with Crippen LogP contribution >= 0.6 is 0 Å². The number of piperidine rings is 1. The molecule has 0 saturated carbocycles. The molecule has 1 amide bonds. The van der Waals surface area contributed by atoms with Gasteiger partial charge in [0, 0.05) is 12.7 Å². The highest BCUT2D eigenvalue weighted by atomic mass is 16.2. The van der Waals surface area contributed by atoms with Crippen LogP contribution in [-0.4, -0.2) is 23.5 Å². The van der Waals surface area contributed by atoms with E-state index < -0.39 is 0 Å². The van der Waals surface area contributed by atoms with Crippen LogP contribution < -0.4 is 10.2 Å². The number of carbonyl (C=O) groups excluding carboxylic acids is 1. The van der Waals surface area contributed by atoms with E-state index in [0.29, 0.717) is 5.92 Å². The van der Waals surface area contributed by atoms with Crippen molar-refractivity contribution in [2.24, 2.45) is 5.92 Å². The molecule has 2 aliphatic heterocycles. The third kappa shape index (κ3) is 1.37. The number of carbonyl (C=O) groups is 1. The molecule has 0 spiro atoms. The van der Waals surface area contributed by atoms with Crippen LogP contribution in [0, 0.1) is 5.92 Å². The molecule has 3 heterocycles. The summed E-state index contributed by atoms with van der Waals surface area (Å²) in [7, 11) is 0. The maximum absolute atomic E-state index is 12.0. The zero-order valence-electron chi connectivity index (χ0n) is 9.31. The van der Waals surface area contributed by atoms with Gasteiger partial charge in [-0.15, -0.1) is 0 Å². The summed E-state index contributed by atoms with van der Waals surface area (Å²) in [6.45, 7) is 3.14. The number of nitrogens with zero attached hydrogens (tertiary/aromatic N) is 2. The Bertz CT molecular complexity index is 432. The van der Waals surface area contributed by atoms with Gasteiger partial charge in [-0.2, -0.15) is 0 Å². The summed E-state index contributed by atoms with van der Waals surface area (Å²) in [6.07, 6.45) is 3.85. The summed E-state index contributed by atoms with van der Waals surface area (Å²) in [5, 5.41) is 2.94. The van der Waals surface area contributed by atoms with Gasteiger partial charge in [-0.25, -0.2) is 4.98 Å². The van der Waals surface area contributed by atoms with E-state index in [4.69, 9.17) is 0 Å². The second kappa shape index (κ2) is 3.47. The number of pyridine rings is 1. The predicted molar refractivity (Wildman–Crippen MR) is 62.4 cm³/mol. The first-order valence-electron chi connectivity index (χ1n) is 5.78. The van der Waals surface area contributed by atoms with Crippen molar-refractivity contribution in [3.63, 3.8) is 0 Å². The molecule has 2 atom stereocenters. The Kier molecular flexibility index (Phi) is 2.09. The summed E-state index contributed by atoms with van der Waals surface area (Å²) >= 11 is 0. The molecule has 0 radical (unpaired) electrons. The molecule has 1 saturated heterocycles. The number of rotatable bonds is 0. The Morgan fingerprint density at radius 3 is 3.31 bits per heavy atom. The third-order valence-electron chi connectivity index (χ3n) is 3.48. The van der Waals surface area contributed by atoms with Crippen molar-refractivity contribution in [2.75, 3.05) is 16.8 Å². The molecule has 2 unspecified atom stereocenters. The highest BCUT2D eigenvalue weighted by Gasteiger charge is 2.37. The summed E-state index contributed by atoms with van der Waals surface area (Å²) < 4.78 is 0. The lowest BCUT2D eigenvalue weighted by molar-refractivity contribution is -0.118. The lowest BCUT2D eigenvalue weighted by Crippen LogP contribution is -2.52. The van der Waals surface area contributed by atoms with Gasteiger partial charge >= 0.3 is 0 Å². The Balaban J connectivity index is 2.01. The average molecular weight is 217 g/mol. The molecule has 3 rings (SSSR count). The largest absolute Gasteiger partial charge is 0.343 e. The van der Waals surface area contributed by atoms with Crippen LogP contribution in [0.1, 0.15) is 19.8 Å². The van der Waals surface area contributed by atoms with Gasteiger partial charge in [-0.3, -0.25) is 4.79 Å². The number of nitrogens with one attached hydrogen (secondary N) is 1. The van der Waals surface area contributed by atoms with Crippen molar-refractivity contribution in [1.82, 2.24) is 4.98 Å². The number of amides is 1. The first kappa shape index (κ1) is 9.63. The monoisotopic (exact) mass is 217 g/mol. The van der Waals surface area contributed by atoms with Gasteiger partial charge in [0.1, 0.15) is 6.04 Å². The van der Waals surface area contributed by atoms with Crippen LogP contribution in [-0.2, 0) is 4.79 Å². The first-order valence-corrected chi connectivity index (χ1v) is 5.78. The topological polar surface area (TPSA) is 45.2 Å². The molecule has 84 valence electrons. The molecule has 0 aliphatic carbocycles. The van der Waals surface area contributed by atoms with Gasteiger partial charge in [0.25, 0.3) is 0 Å². The summed E-state index contributed by atoms with van der Waals surface area (Å²) in [6, 6.07) is 3.74. The van der Waals surface area contributed by atoms with Gasteiger partial charge in [-0.1, -0.05) is 6.92 Å². The minimum atomic E-state index is -0.0221. The van der Waals surface area contributed by atoms with Crippen LogP contribution in [0.4, 0.5) is 11.5 Å². The Morgan fingerprint density at radius 2 is 2.44 bits per heavy atom. The quantitative estimate of drug-likeness (QED) is 0.718. The fourth-order valence-corrected chi connectivity index (χ4v) is 2.58. The minimum absolute atomic E-state index is 0.0221. The maximum atomic E-state index is 12.0. The van der Waals surface area contributed by atoms with Crippen LogP contribution in [0.15, 0.2) is 18.3 Å². The van der Waals surface area contributed by atoms with Crippen LogP contribution in [0.3, 0.4) is 0 Å². The van der Waals surface area contributed by atoms with E-state index in [2.05, 4.69) is 22.1 Å². The maximum Gasteiger partial charge on any atom is 0.247 e. The van der Waals surface area contributed by atoms with Crippen molar-refractivity contribution in [3.05, 3.63) is 18.3 Å². The van der Waals surface area contributed by atoms with Crippen molar-refractivity contribution >= 4 is 17.4 Å². The van der Waals surface area contributed by atoms with Gasteiger partial charge in [0.15, 0.2) is 5.82 Å². The third-order valence-corrected chi connectivity index (χ3v) is 3.48. The van der Waals surface area contributed by atoms with Crippen LogP contribution in [0.2, 0.25) is 0 Å². The van der Waals surface area contributed by atoms with E-state index >= 15 is 0 Å². The van der Waals surface area contributed by atoms with Crippen molar-refractivity contribution in [3.8, 4) is 0 Å². The van der Waals surface area contributed by atoms with Crippen molar-refractivity contribution < 1.29 is 4.79 Å². The van der Waals surface area contributed by atoms with Gasteiger partial charge in [-0.05, 0) is 30.9 Å². The summed E-state index contributed by atoms with van der Waals surface area (Å²) in [4.78, 5) is 18.5. The second-order valence-electron chi connectivity index (χ2n) is 4.70. The molecule has 0 aromatic carbocycles.